The maximum absolute atomic E-state index is 11.4. The van der Waals surface area contributed by atoms with Gasteiger partial charge in [0.1, 0.15) is 6.61 Å². The predicted octanol–water partition coefficient (Wildman–Crippen LogP) is 1.96. The highest BCUT2D eigenvalue weighted by molar-refractivity contribution is 6.68. The number of carbonyl (C=O) groups excluding carboxylic acids is 2. The molecule has 0 saturated carbocycles. The largest absolute Gasteiger partial charge is 0.458 e. The van der Waals surface area contributed by atoms with Crippen LogP contribution in [0.5, 0.6) is 0 Å². The van der Waals surface area contributed by atoms with Gasteiger partial charge < -0.3 is 4.74 Å². The molecule has 14 heavy (non-hydrogen) atoms. The Bertz CT molecular complexity index is 304. The maximum atomic E-state index is 11.4. The van der Waals surface area contributed by atoms with Crippen molar-refractivity contribution in [1.82, 2.24) is 0 Å². The van der Waals surface area contributed by atoms with Gasteiger partial charge in [0, 0.05) is 11.1 Å². The van der Waals surface area contributed by atoms with Crippen LogP contribution in [0.2, 0.25) is 0 Å². The van der Waals surface area contributed by atoms with Crippen molar-refractivity contribution in [2.75, 3.05) is 6.61 Å². The van der Waals surface area contributed by atoms with E-state index >= 15 is 0 Å². The van der Waals surface area contributed by atoms with Crippen molar-refractivity contribution in [2.24, 2.45) is 0 Å². The topological polar surface area (TPSA) is 43.4 Å². The first-order chi connectivity index (χ1) is 6.66. The van der Waals surface area contributed by atoms with E-state index in [1.165, 1.54) is 6.08 Å². The van der Waals surface area contributed by atoms with E-state index in [1.807, 2.05) is 0 Å². The Morgan fingerprint density at radius 1 is 1.43 bits per heavy atom. The number of carbonyl (C=O) groups is 2. The zero-order chi connectivity index (χ0) is 10.6. The predicted molar refractivity (Wildman–Crippen MR) is 52.9 cm³/mol. The van der Waals surface area contributed by atoms with E-state index in [4.69, 9.17) is 16.3 Å². The van der Waals surface area contributed by atoms with Gasteiger partial charge in [-0.25, -0.2) is 4.79 Å². The molecule has 0 aromatic heterocycles. The molecular formula is C10H11ClO3. The molecule has 0 atom stereocenters. The van der Waals surface area contributed by atoms with Gasteiger partial charge in [-0.15, -0.1) is 0 Å². The first kappa shape index (κ1) is 11.0. The van der Waals surface area contributed by atoms with Crippen LogP contribution in [-0.4, -0.2) is 17.8 Å². The Kier molecular flexibility index (Phi) is 3.89. The van der Waals surface area contributed by atoms with Crippen LogP contribution in [0.1, 0.15) is 19.3 Å². The summed E-state index contributed by atoms with van der Waals surface area (Å²) < 4.78 is 4.83. The van der Waals surface area contributed by atoms with Gasteiger partial charge in [-0.2, -0.15) is 0 Å². The highest BCUT2D eigenvalue weighted by Gasteiger charge is 2.25. The number of allylic oxidation sites excluding steroid dienone is 1. The van der Waals surface area contributed by atoms with E-state index < -0.39 is 11.2 Å². The van der Waals surface area contributed by atoms with Crippen LogP contribution >= 0.6 is 11.6 Å². The minimum absolute atomic E-state index is 0.159. The molecular weight excluding hydrogens is 204 g/mol. The highest BCUT2D eigenvalue weighted by atomic mass is 35.5. The first-order valence-corrected chi connectivity index (χ1v) is 4.74. The summed E-state index contributed by atoms with van der Waals surface area (Å²) in [5.74, 6) is -0.452. The molecule has 0 aromatic rings. The Morgan fingerprint density at radius 2 is 2.07 bits per heavy atom. The molecule has 0 aliphatic heterocycles. The average Bonchev–Trinajstić information content (AvgIpc) is 2.62. The van der Waals surface area contributed by atoms with Gasteiger partial charge in [-0.1, -0.05) is 12.7 Å². The Hall–Kier alpha value is -1.09. The quantitative estimate of drug-likeness (QED) is 0.408. The average molecular weight is 215 g/mol. The van der Waals surface area contributed by atoms with E-state index in [2.05, 4.69) is 6.58 Å². The molecule has 1 aliphatic carbocycles. The summed E-state index contributed by atoms with van der Waals surface area (Å²) in [6.45, 7) is 3.59. The standard InChI is InChI=1S/C10H11ClO3/c1-2-6-14-10(13)8-5-3-4-7(8)9(11)12/h2H,1,3-6H2. The number of ether oxygens (including phenoxy) is 1. The molecule has 1 rings (SSSR count). The van der Waals surface area contributed by atoms with Crippen molar-refractivity contribution in [2.45, 2.75) is 19.3 Å². The Morgan fingerprint density at radius 3 is 2.64 bits per heavy atom. The molecule has 0 unspecified atom stereocenters. The molecule has 3 nitrogen and oxygen atoms in total. The zero-order valence-electron chi connectivity index (χ0n) is 7.72. The van der Waals surface area contributed by atoms with Crippen LogP contribution in [0.15, 0.2) is 23.8 Å². The van der Waals surface area contributed by atoms with Gasteiger partial charge >= 0.3 is 5.97 Å². The summed E-state index contributed by atoms with van der Waals surface area (Å²) in [7, 11) is 0. The fraction of sp³-hybridized carbons (Fsp3) is 0.400. The van der Waals surface area contributed by atoms with Gasteiger partial charge in [0.25, 0.3) is 0 Å². The van der Waals surface area contributed by atoms with Gasteiger partial charge in [0.15, 0.2) is 0 Å². The van der Waals surface area contributed by atoms with E-state index in [9.17, 15) is 9.59 Å². The van der Waals surface area contributed by atoms with Crippen LogP contribution in [0.3, 0.4) is 0 Å². The molecule has 0 amide bonds. The second-order valence-corrected chi connectivity index (χ2v) is 3.31. The van der Waals surface area contributed by atoms with Crippen LogP contribution in [-0.2, 0) is 14.3 Å². The van der Waals surface area contributed by atoms with Crippen molar-refractivity contribution in [3.8, 4) is 0 Å². The summed E-state index contributed by atoms with van der Waals surface area (Å²) in [6.07, 6.45) is 3.41. The second-order valence-electron chi connectivity index (χ2n) is 2.97. The molecule has 0 aromatic carbocycles. The molecule has 0 saturated heterocycles. The lowest BCUT2D eigenvalue weighted by molar-refractivity contribution is -0.138. The summed E-state index contributed by atoms with van der Waals surface area (Å²) in [6, 6.07) is 0. The van der Waals surface area contributed by atoms with Gasteiger partial charge in [-0.3, -0.25) is 4.79 Å². The maximum Gasteiger partial charge on any atom is 0.334 e. The van der Waals surface area contributed by atoms with Crippen molar-refractivity contribution in [1.29, 1.82) is 0 Å². The lowest BCUT2D eigenvalue weighted by Crippen LogP contribution is -2.09. The van der Waals surface area contributed by atoms with Gasteiger partial charge in [0.2, 0.25) is 5.24 Å². The number of rotatable bonds is 4. The molecule has 4 heteroatoms. The number of esters is 1. The van der Waals surface area contributed by atoms with Crippen LogP contribution in [0, 0.1) is 0 Å². The molecule has 0 radical (unpaired) electrons. The second kappa shape index (κ2) is 4.96. The van der Waals surface area contributed by atoms with Crippen molar-refractivity contribution in [3.63, 3.8) is 0 Å². The van der Waals surface area contributed by atoms with E-state index in [0.29, 0.717) is 24.0 Å². The number of hydrogen-bond donors (Lipinski definition) is 0. The third-order valence-corrected chi connectivity index (χ3v) is 2.26. The first-order valence-electron chi connectivity index (χ1n) is 4.36. The van der Waals surface area contributed by atoms with Crippen LogP contribution in [0.4, 0.5) is 0 Å². The third kappa shape index (κ3) is 2.45. The minimum Gasteiger partial charge on any atom is -0.458 e. The summed E-state index contributed by atoms with van der Waals surface area (Å²) >= 11 is 5.33. The molecule has 1 aliphatic rings. The van der Waals surface area contributed by atoms with Crippen molar-refractivity contribution < 1.29 is 14.3 Å². The molecule has 0 fully saturated rings. The normalized spacial score (nSPS) is 15.5. The van der Waals surface area contributed by atoms with Crippen LogP contribution in [0.25, 0.3) is 0 Å². The number of halogens is 1. The molecule has 0 spiro atoms. The number of hydrogen-bond acceptors (Lipinski definition) is 3. The molecule has 76 valence electrons. The summed E-state index contributed by atoms with van der Waals surface area (Å²) in [4.78, 5) is 22.3. The van der Waals surface area contributed by atoms with E-state index in [1.54, 1.807) is 0 Å². The van der Waals surface area contributed by atoms with Crippen molar-refractivity contribution >= 4 is 22.8 Å². The van der Waals surface area contributed by atoms with Gasteiger partial charge in [-0.05, 0) is 30.9 Å². The lowest BCUT2D eigenvalue weighted by atomic mass is 10.2. The minimum atomic E-state index is -0.548. The zero-order valence-corrected chi connectivity index (χ0v) is 8.47. The molecule has 0 heterocycles. The van der Waals surface area contributed by atoms with E-state index in [-0.39, 0.29) is 6.61 Å². The lowest BCUT2D eigenvalue weighted by Gasteiger charge is -2.03. The van der Waals surface area contributed by atoms with E-state index in [0.717, 1.165) is 6.42 Å². The monoisotopic (exact) mass is 214 g/mol. The fourth-order valence-electron chi connectivity index (χ4n) is 1.41. The fourth-order valence-corrected chi connectivity index (χ4v) is 1.62. The summed E-state index contributed by atoms with van der Waals surface area (Å²) in [5, 5.41) is -0.548. The third-order valence-electron chi connectivity index (χ3n) is 2.03. The highest BCUT2D eigenvalue weighted by Crippen LogP contribution is 2.28. The smallest absolute Gasteiger partial charge is 0.334 e. The SMILES string of the molecule is C=CCOC(=O)C1=C(C(=O)Cl)CCC1. The Balaban J connectivity index is 2.73. The summed E-state index contributed by atoms with van der Waals surface area (Å²) in [5.41, 5.74) is 0.826. The molecule has 0 N–H and O–H groups in total. The molecule has 0 bridgehead atoms. The van der Waals surface area contributed by atoms with Gasteiger partial charge in [0.05, 0.1) is 0 Å². The van der Waals surface area contributed by atoms with Crippen molar-refractivity contribution in [3.05, 3.63) is 23.8 Å². The Labute approximate surface area is 87.4 Å². The van der Waals surface area contributed by atoms with Crippen LogP contribution < -0.4 is 0 Å².